The summed E-state index contributed by atoms with van der Waals surface area (Å²) in [5, 5.41) is 5.48. The van der Waals surface area contributed by atoms with Crippen LogP contribution in [0.3, 0.4) is 0 Å². The van der Waals surface area contributed by atoms with Gasteiger partial charge >= 0.3 is 0 Å². The molecule has 0 radical (unpaired) electrons. The molecule has 2 N–H and O–H groups in total. The van der Waals surface area contributed by atoms with Crippen LogP contribution in [0.25, 0.3) is 0 Å². The van der Waals surface area contributed by atoms with Gasteiger partial charge in [0.05, 0.1) is 0 Å². The Bertz CT molecular complexity index is 743. The molecule has 0 heterocycles. The Balaban J connectivity index is 1.91. The van der Waals surface area contributed by atoms with E-state index < -0.39 is 6.04 Å². The van der Waals surface area contributed by atoms with E-state index in [1.54, 1.807) is 24.3 Å². The predicted molar refractivity (Wildman–Crippen MR) is 97.2 cm³/mol. The van der Waals surface area contributed by atoms with E-state index in [0.29, 0.717) is 18.0 Å². The number of halogens is 1. The lowest BCUT2D eigenvalue weighted by Crippen LogP contribution is -2.48. The monoisotopic (exact) mass is 358 g/mol. The Hall–Kier alpha value is -2.89. The first kappa shape index (κ1) is 19.4. The van der Waals surface area contributed by atoms with Crippen molar-refractivity contribution in [2.75, 3.05) is 0 Å². The zero-order valence-electron chi connectivity index (χ0n) is 15.1. The summed E-state index contributed by atoms with van der Waals surface area (Å²) < 4.78 is 18.5. The molecule has 0 fully saturated rings. The summed E-state index contributed by atoms with van der Waals surface area (Å²) in [7, 11) is 0. The van der Waals surface area contributed by atoms with E-state index >= 15 is 0 Å². The van der Waals surface area contributed by atoms with E-state index in [1.807, 2.05) is 26.0 Å². The summed E-state index contributed by atoms with van der Waals surface area (Å²) in [4.78, 5) is 23.5. The third kappa shape index (κ3) is 5.88. The number of ether oxygens (including phenoxy) is 1. The highest BCUT2D eigenvalue weighted by Crippen LogP contribution is 2.21. The number of benzene rings is 2. The topological polar surface area (TPSA) is 67.4 Å². The Morgan fingerprint density at radius 1 is 1.00 bits per heavy atom. The highest BCUT2D eigenvalue weighted by atomic mass is 19.1. The highest BCUT2D eigenvalue weighted by molar-refractivity contribution is 5.87. The fourth-order valence-electron chi connectivity index (χ4n) is 2.37. The molecule has 2 aromatic carbocycles. The minimum absolute atomic E-state index is 0.00890. The minimum atomic E-state index is -0.561. The maximum Gasteiger partial charge on any atom is 0.243 e. The highest BCUT2D eigenvalue weighted by Gasteiger charge is 2.22. The number of carbonyl (C=O) groups excluding carboxylic acids is 2. The summed E-state index contributed by atoms with van der Waals surface area (Å²) in [5.41, 5.74) is 0.898. The molecule has 0 aromatic heterocycles. The van der Waals surface area contributed by atoms with Crippen LogP contribution in [0.4, 0.5) is 4.39 Å². The van der Waals surface area contributed by atoms with Crippen LogP contribution in [0.5, 0.6) is 11.5 Å². The molecule has 0 aliphatic rings. The van der Waals surface area contributed by atoms with Gasteiger partial charge in [-0.05, 0) is 47.9 Å². The average molecular weight is 358 g/mol. The summed E-state index contributed by atoms with van der Waals surface area (Å²) in [6.07, 6.45) is 0. The molecule has 2 rings (SSSR count). The van der Waals surface area contributed by atoms with Crippen molar-refractivity contribution in [3.05, 3.63) is 59.9 Å². The lowest BCUT2D eigenvalue weighted by atomic mass is 10.0. The lowest BCUT2D eigenvalue weighted by molar-refractivity contribution is -0.129. The molecule has 0 unspecified atom stereocenters. The van der Waals surface area contributed by atoms with Gasteiger partial charge in [-0.1, -0.05) is 26.0 Å². The minimum Gasteiger partial charge on any atom is -0.457 e. The second-order valence-corrected chi connectivity index (χ2v) is 6.34. The Labute approximate surface area is 152 Å². The van der Waals surface area contributed by atoms with Gasteiger partial charge in [-0.3, -0.25) is 9.59 Å². The molecule has 0 saturated heterocycles. The van der Waals surface area contributed by atoms with Gasteiger partial charge in [0, 0.05) is 13.5 Å². The van der Waals surface area contributed by atoms with Gasteiger partial charge in [0.15, 0.2) is 0 Å². The van der Waals surface area contributed by atoms with Crippen molar-refractivity contribution >= 4 is 11.8 Å². The largest absolute Gasteiger partial charge is 0.457 e. The molecule has 0 aliphatic heterocycles. The molecular formula is C20H23FN2O3. The molecular weight excluding hydrogens is 335 g/mol. The number of hydrogen-bond donors (Lipinski definition) is 2. The molecule has 6 heteroatoms. The van der Waals surface area contributed by atoms with Crippen molar-refractivity contribution in [2.24, 2.45) is 5.92 Å². The molecule has 5 nitrogen and oxygen atoms in total. The zero-order chi connectivity index (χ0) is 19.1. The standard InChI is InChI=1S/C20H23FN2O3/c1-13(2)19(23-14(3)24)20(25)22-12-15-4-8-17(9-5-15)26-18-10-6-16(21)7-11-18/h4-11,13,19H,12H2,1-3H3,(H,22,25)(H,23,24)/t19-/m0/s1. The molecule has 0 aliphatic carbocycles. The number of nitrogens with one attached hydrogen (secondary N) is 2. The summed E-state index contributed by atoms with van der Waals surface area (Å²) >= 11 is 0. The Kier molecular flexibility index (Phi) is 6.72. The Morgan fingerprint density at radius 2 is 1.54 bits per heavy atom. The first-order valence-electron chi connectivity index (χ1n) is 8.42. The third-order valence-corrected chi connectivity index (χ3v) is 3.75. The van der Waals surface area contributed by atoms with Crippen LogP contribution in [0, 0.1) is 11.7 Å². The van der Waals surface area contributed by atoms with Crippen molar-refractivity contribution in [1.29, 1.82) is 0 Å². The fraction of sp³-hybridized carbons (Fsp3) is 0.300. The second-order valence-electron chi connectivity index (χ2n) is 6.34. The molecule has 26 heavy (non-hydrogen) atoms. The zero-order valence-corrected chi connectivity index (χ0v) is 15.1. The third-order valence-electron chi connectivity index (χ3n) is 3.75. The van der Waals surface area contributed by atoms with E-state index in [1.165, 1.54) is 19.1 Å². The van der Waals surface area contributed by atoms with E-state index in [4.69, 9.17) is 4.74 Å². The molecule has 1 atom stereocenters. The van der Waals surface area contributed by atoms with Crippen LogP contribution >= 0.6 is 0 Å². The van der Waals surface area contributed by atoms with Gasteiger partial charge in [0.2, 0.25) is 11.8 Å². The fourth-order valence-corrected chi connectivity index (χ4v) is 2.37. The van der Waals surface area contributed by atoms with Crippen molar-refractivity contribution in [2.45, 2.75) is 33.4 Å². The maximum atomic E-state index is 12.9. The van der Waals surface area contributed by atoms with Crippen molar-refractivity contribution < 1.29 is 18.7 Å². The average Bonchev–Trinajstić information content (AvgIpc) is 2.60. The van der Waals surface area contributed by atoms with Gasteiger partial charge in [0.1, 0.15) is 23.4 Å². The first-order chi connectivity index (χ1) is 12.3. The molecule has 0 spiro atoms. The molecule has 2 amide bonds. The SMILES string of the molecule is CC(=O)N[C@H](C(=O)NCc1ccc(Oc2ccc(F)cc2)cc1)C(C)C. The molecule has 2 aromatic rings. The van der Waals surface area contributed by atoms with E-state index in [0.717, 1.165) is 5.56 Å². The number of amides is 2. The van der Waals surface area contributed by atoms with Crippen LogP contribution in [0.15, 0.2) is 48.5 Å². The predicted octanol–water partition coefficient (Wildman–Crippen LogP) is 3.39. The van der Waals surface area contributed by atoms with E-state index in [-0.39, 0.29) is 23.5 Å². The van der Waals surface area contributed by atoms with Crippen LogP contribution in [-0.4, -0.2) is 17.9 Å². The van der Waals surface area contributed by atoms with Gasteiger partial charge in [-0.25, -0.2) is 4.39 Å². The van der Waals surface area contributed by atoms with Gasteiger partial charge in [0.25, 0.3) is 0 Å². The normalized spacial score (nSPS) is 11.7. The van der Waals surface area contributed by atoms with Crippen LogP contribution in [0.1, 0.15) is 26.3 Å². The summed E-state index contributed by atoms with van der Waals surface area (Å²) in [6, 6.07) is 12.4. The Morgan fingerprint density at radius 3 is 2.04 bits per heavy atom. The number of carbonyl (C=O) groups is 2. The first-order valence-corrected chi connectivity index (χ1v) is 8.42. The van der Waals surface area contributed by atoms with Crippen molar-refractivity contribution in [3.8, 4) is 11.5 Å². The maximum absolute atomic E-state index is 12.9. The van der Waals surface area contributed by atoms with Crippen LogP contribution in [-0.2, 0) is 16.1 Å². The van der Waals surface area contributed by atoms with Gasteiger partial charge in [-0.15, -0.1) is 0 Å². The number of rotatable bonds is 7. The molecule has 0 saturated carbocycles. The molecule has 0 bridgehead atoms. The van der Waals surface area contributed by atoms with Gasteiger partial charge in [-0.2, -0.15) is 0 Å². The summed E-state index contributed by atoms with van der Waals surface area (Å²) in [5.74, 6) is 0.378. The van der Waals surface area contributed by atoms with E-state index in [2.05, 4.69) is 10.6 Å². The quantitative estimate of drug-likeness (QED) is 0.797. The number of hydrogen-bond acceptors (Lipinski definition) is 3. The van der Waals surface area contributed by atoms with Crippen molar-refractivity contribution in [3.63, 3.8) is 0 Å². The second kappa shape index (κ2) is 8.99. The molecule has 138 valence electrons. The lowest BCUT2D eigenvalue weighted by Gasteiger charge is -2.21. The van der Waals surface area contributed by atoms with Crippen molar-refractivity contribution in [1.82, 2.24) is 10.6 Å². The van der Waals surface area contributed by atoms with E-state index in [9.17, 15) is 14.0 Å². The van der Waals surface area contributed by atoms with Crippen LogP contribution < -0.4 is 15.4 Å². The van der Waals surface area contributed by atoms with Gasteiger partial charge < -0.3 is 15.4 Å². The summed E-state index contributed by atoms with van der Waals surface area (Å²) in [6.45, 7) is 5.49. The smallest absolute Gasteiger partial charge is 0.243 e. The van der Waals surface area contributed by atoms with Crippen LogP contribution in [0.2, 0.25) is 0 Å².